The first kappa shape index (κ1) is 11.2. The fourth-order valence-electron chi connectivity index (χ4n) is 1.98. The molecule has 88 valence electrons. The van der Waals surface area contributed by atoms with Gasteiger partial charge in [-0.2, -0.15) is 0 Å². The van der Waals surface area contributed by atoms with Crippen LogP contribution in [0, 0.1) is 6.92 Å². The summed E-state index contributed by atoms with van der Waals surface area (Å²) in [4.78, 5) is 1.31. The smallest absolute Gasteiger partial charge is 0.0351 e. The van der Waals surface area contributed by atoms with Crippen LogP contribution in [0.15, 0.2) is 54.6 Å². The van der Waals surface area contributed by atoms with Crippen molar-refractivity contribution in [2.75, 3.05) is 0 Å². The number of hydrogen-bond acceptors (Lipinski definition) is 1. The molecule has 0 N–H and O–H groups in total. The molecule has 0 aliphatic rings. The summed E-state index contributed by atoms with van der Waals surface area (Å²) < 4.78 is 1.36. The van der Waals surface area contributed by atoms with Crippen LogP contribution in [0.3, 0.4) is 0 Å². The molecular formula is C17H14S. The molecule has 0 saturated carbocycles. The molecule has 3 aromatic rings. The quantitative estimate of drug-likeness (QED) is 0.572. The standard InChI is InChI=1S/C17H14S/c1-13-7-9-15-12-16(18-17(15)11-13)10-8-14-5-3-2-4-6-14/h2-12H,1H3/b10-8-. The van der Waals surface area contributed by atoms with Gasteiger partial charge in [-0.25, -0.2) is 0 Å². The Morgan fingerprint density at radius 3 is 2.56 bits per heavy atom. The van der Waals surface area contributed by atoms with Gasteiger partial charge in [0.15, 0.2) is 0 Å². The van der Waals surface area contributed by atoms with E-state index in [1.54, 1.807) is 0 Å². The largest absolute Gasteiger partial charge is 0.136 e. The van der Waals surface area contributed by atoms with Gasteiger partial charge in [0.2, 0.25) is 0 Å². The summed E-state index contributed by atoms with van der Waals surface area (Å²) in [6, 6.07) is 19.3. The van der Waals surface area contributed by atoms with Crippen LogP contribution in [0.5, 0.6) is 0 Å². The molecule has 0 amide bonds. The van der Waals surface area contributed by atoms with Crippen LogP contribution in [-0.2, 0) is 0 Å². The highest BCUT2D eigenvalue weighted by atomic mass is 32.1. The minimum absolute atomic E-state index is 1.24. The monoisotopic (exact) mass is 250 g/mol. The Kier molecular flexibility index (Phi) is 2.99. The van der Waals surface area contributed by atoms with E-state index in [2.05, 4.69) is 67.6 Å². The van der Waals surface area contributed by atoms with Gasteiger partial charge in [-0.3, -0.25) is 0 Å². The molecule has 0 fully saturated rings. The molecule has 1 heterocycles. The maximum Gasteiger partial charge on any atom is 0.0351 e. The van der Waals surface area contributed by atoms with Crippen molar-refractivity contribution in [2.24, 2.45) is 0 Å². The topological polar surface area (TPSA) is 0 Å². The fraction of sp³-hybridized carbons (Fsp3) is 0.0588. The molecule has 0 aliphatic heterocycles. The Morgan fingerprint density at radius 2 is 1.72 bits per heavy atom. The molecule has 0 nitrogen and oxygen atoms in total. The highest BCUT2D eigenvalue weighted by Gasteiger charge is 1.99. The molecule has 0 unspecified atom stereocenters. The second-order valence-electron chi connectivity index (χ2n) is 4.43. The van der Waals surface area contributed by atoms with Gasteiger partial charge in [0.25, 0.3) is 0 Å². The molecule has 0 saturated heterocycles. The van der Waals surface area contributed by atoms with Crippen molar-refractivity contribution in [3.63, 3.8) is 0 Å². The first-order valence-electron chi connectivity index (χ1n) is 6.04. The van der Waals surface area contributed by atoms with Gasteiger partial charge in [0.1, 0.15) is 0 Å². The molecule has 0 atom stereocenters. The molecule has 0 bridgehead atoms. The van der Waals surface area contributed by atoms with Crippen LogP contribution in [0.1, 0.15) is 16.0 Å². The minimum Gasteiger partial charge on any atom is -0.136 e. The SMILES string of the molecule is Cc1ccc2cc(/C=C\c3ccccc3)sc2c1. The van der Waals surface area contributed by atoms with Crippen molar-refractivity contribution < 1.29 is 0 Å². The highest BCUT2D eigenvalue weighted by molar-refractivity contribution is 7.19. The van der Waals surface area contributed by atoms with Gasteiger partial charge in [0.05, 0.1) is 0 Å². The summed E-state index contributed by atoms with van der Waals surface area (Å²) in [7, 11) is 0. The molecule has 18 heavy (non-hydrogen) atoms. The summed E-state index contributed by atoms with van der Waals surface area (Å²) in [6.45, 7) is 2.14. The van der Waals surface area contributed by atoms with Gasteiger partial charge in [-0.05, 0) is 41.6 Å². The van der Waals surface area contributed by atoms with E-state index < -0.39 is 0 Å². The van der Waals surface area contributed by atoms with Crippen molar-refractivity contribution in [1.82, 2.24) is 0 Å². The van der Waals surface area contributed by atoms with E-state index in [9.17, 15) is 0 Å². The molecule has 1 aromatic heterocycles. The van der Waals surface area contributed by atoms with E-state index >= 15 is 0 Å². The van der Waals surface area contributed by atoms with Gasteiger partial charge in [-0.1, -0.05) is 48.5 Å². The van der Waals surface area contributed by atoms with Crippen LogP contribution in [0.25, 0.3) is 22.2 Å². The van der Waals surface area contributed by atoms with E-state index in [0.717, 1.165) is 0 Å². The van der Waals surface area contributed by atoms with Gasteiger partial charge in [0, 0.05) is 9.58 Å². The Hall–Kier alpha value is -1.86. The second kappa shape index (κ2) is 4.79. The van der Waals surface area contributed by atoms with Crippen LogP contribution >= 0.6 is 11.3 Å². The Morgan fingerprint density at radius 1 is 0.889 bits per heavy atom. The lowest BCUT2D eigenvalue weighted by molar-refractivity contribution is 1.52. The molecule has 0 spiro atoms. The third-order valence-electron chi connectivity index (χ3n) is 2.93. The maximum atomic E-state index is 2.25. The highest BCUT2D eigenvalue weighted by Crippen LogP contribution is 2.27. The van der Waals surface area contributed by atoms with E-state index in [1.807, 2.05) is 17.4 Å². The number of hydrogen-bond donors (Lipinski definition) is 0. The van der Waals surface area contributed by atoms with Gasteiger partial charge in [-0.15, -0.1) is 11.3 Å². The van der Waals surface area contributed by atoms with Crippen molar-refractivity contribution in [1.29, 1.82) is 0 Å². The van der Waals surface area contributed by atoms with Crippen molar-refractivity contribution in [3.05, 3.63) is 70.6 Å². The predicted octanol–water partition coefficient (Wildman–Crippen LogP) is 5.38. The first-order chi connectivity index (χ1) is 8.81. The van der Waals surface area contributed by atoms with Crippen LogP contribution < -0.4 is 0 Å². The third-order valence-corrected chi connectivity index (χ3v) is 4.00. The molecule has 2 aromatic carbocycles. The van der Waals surface area contributed by atoms with Crippen LogP contribution in [0.4, 0.5) is 0 Å². The fourth-order valence-corrected chi connectivity index (χ4v) is 3.05. The predicted molar refractivity (Wildman–Crippen MR) is 81.9 cm³/mol. The van der Waals surface area contributed by atoms with E-state index in [-0.39, 0.29) is 0 Å². The molecule has 3 rings (SSSR count). The minimum atomic E-state index is 1.24. The van der Waals surface area contributed by atoms with E-state index in [4.69, 9.17) is 0 Å². The summed E-state index contributed by atoms with van der Waals surface area (Å²) in [5, 5.41) is 1.33. The number of rotatable bonds is 2. The van der Waals surface area contributed by atoms with E-state index in [0.29, 0.717) is 0 Å². The molecule has 0 aliphatic carbocycles. The maximum absolute atomic E-state index is 2.25. The first-order valence-corrected chi connectivity index (χ1v) is 6.86. The van der Waals surface area contributed by atoms with Crippen LogP contribution in [-0.4, -0.2) is 0 Å². The zero-order chi connectivity index (χ0) is 12.4. The summed E-state index contributed by atoms with van der Waals surface area (Å²) >= 11 is 1.84. The zero-order valence-electron chi connectivity index (χ0n) is 10.3. The number of fused-ring (bicyclic) bond motifs is 1. The number of thiophene rings is 1. The van der Waals surface area contributed by atoms with Gasteiger partial charge < -0.3 is 0 Å². The molecule has 0 radical (unpaired) electrons. The lowest BCUT2D eigenvalue weighted by atomic mass is 10.2. The Labute approximate surface area is 111 Å². The van der Waals surface area contributed by atoms with Crippen molar-refractivity contribution in [3.8, 4) is 0 Å². The lowest BCUT2D eigenvalue weighted by Gasteiger charge is -1.90. The van der Waals surface area contributed by atoms with E-state index in [1.165, 1.54) is 26.1 Å². The van der Waals surface area contributed by atoms with Crippen LogP contribution in [0.2, 0.25) is 0 Å². The average Bonchev–Trinajstić information content (AvgIpc) is 2.79. The molecular weight excluding hydrogens is 236 g/mol. The normalized spacial score (nSPS) is 11.4. The zero-order valence-corrected chi connectivity index (χ0v) is 11.1. The summed E-state index contributed by atoms with van der Waals surface area (Å²) in [5.74, 6) is 0. The van der Waals surface area contributed by atoms with Gasteiger partial charge >= 0.3 is 0 Å². The number of benzene rings is 2. The lowest BCUT2D eigenvalue weighted by Crippen LogP contribution is -1.67. The summed E-state index contributed by atoms with van der Waals surface area (Å²) in [5.41, 5.74) is 2.56. The number of aryl methyl sites for hydroxylation is 1. The summed E-state index contributed by atoms with van der Waals surface area (Å²) in [6.07, 6.45) is 4.35. The van der Waals surface area contributed by atoms with Crippen molar-refractivity contribution in [2.45, 2.75) is 6.92 Å². The molecule has 1 heteroatoms. The second-order valence-corrected chi connectivity index (χ2v) is 5.55. The average molecular weight is 250 g/mol. The Balaban J connectivity index is 1.93. The third kappa shape index (κ3) is 2.36. The Bertz CT molecular complexity index is 690. The van der Waals surface area contributed by atoms with Crippen molar-refractivity contribution >= 4 is 33.6 Å².